The Labute approximate surface area is 300 Å². The van der Waals surface area contributed by atoms with Gasteiger partial charge >= 0.3 is 0 Å². The van der Waals surface area contributed by atoms with Crippen LogP contribution in [0.4, 0.5) is 0 Å². The fourth-order valence-electron chi connectivity index (χ4n) is 9.61. The molecular weight excluding hydrogens is 625 g/mol. The van der Waals surface area contributed by atoms with Gasteiger partial charge in [0.25, 0.3) is 0 Å². The second-order valence-corrected chi connectivity index (χ2v) is 14.3. The van der Waals surface area contributed by atoms with Gasteiger partial charge in [0, 0.05) is 0 Å². The molecule has 0 N–H and O–H groups in total. The number of hydrogen-bond donors (Lipinski definition) is 0. The smallest absolute Gasteiger partial charge is 0.000785 e. The molecule has 0 saturated carbocycles. The first-order chi connectivity index (χ1) is 25.8. The molecule has 0 radical (unpaired) electrons. The predicted molar refractivity (Wildman–Crippen MR) is 224 cm³/mol. The predicted octanol–water partition coefficient (Wildman–Crippen LogP) is 14.7. The van der Waals surface area contributed by atoms with E-state index in [9.17, 15) is 0 Å². The van der Waals surface area contributed by atoms with Crippen molar-refractivity contribution in [2.45, 2.75) is 0 Å². The average molecular weight is 655 g/mol. The topological polar surface area (TPSA) is 0 Å². The summed E-state index contributed by atoms with van der Waals surface area (Å²) in [5, 5.41) is 18.1. The summed E-state index contributed by atoms with van der Waals surface area (Å²) >= 11 is 0. The number of benzene rings is 11. The van der Waals surface area contributed by atoms with E-state index in [-0.39, 0.29) is 0 Å². The van der Waals surface area contributed by atoms with Crippen molar-refractivity contribution in [2.75, 3.05) is 0 Å². The summed E-state index contributed by atoms with van der Waals surface area (Å²) in [4.78, 5) is 0. The molecule has 0 unspecified atom stereocenters. The summed E-state index contributed by atoms with van der Waals surface area (Å²) in [6, 6.07) is 68.2. The molecule has 52 heavy (non-hydrogen) atoms. The molecule has 1 aliphatic carbocycles. The minimum absolute atomic E-state index is 1.26. The van der Waals surface area contributed by atoms with E-state index in [0.29, 0.717) is 0 Å². The Morgan fingerprint density at radius 3 is 1.40 bits per heavy atom. The first-order valence-electron chi connectivity index (χ1n) is 18.2. The molecule has 0 nitrogen and oxygen atoms in total. The lowest BCUT2D eigenvalue weighted by Gasteiger charge is -2.21. The van der Waals surface area contributed by atoms with Crippen LogP contribution >= 0.6 is 0 Å². The van der Waals surface area contributed by atoms with Gasteiger partial charge in [-0.3, -0.25) is 0 Å². The molecule has 11 aromatic carbocycles. The maximum Gasteiger partial charge on any atom is -0.000785 e. The van der Waals surface area contributed by atoms with Crippen LogP contribution in [0.1, 0.15) is 0 Å². The molecule has 0 saturated heterocycles. The fourth-order valence-corrected chi connectivity index (χ4v) is 9.61. The third-order valence-corrected chi connectivity index (χ3v) is 11.8. The second kappa shape index (κ2) is 10.4. The van der Waals surface area contributed by atoms with Gasteiger partial charge in [-0.2, -0.15) is 0 Å². The summed E-state index contributed by atoms with van der Waals surface area (Å²) in [6.07, 6.45) is 0. The van der Waals surface area contributed by atoms with E-state index < -0.39 is 0 Å². The van der Waals surface area contributed by atoms with Crippen molar-refractivity contribution in [1.29, 1.82) is 0 Å². The Morgan fingerprint density at radius 2 is 0.615 bits per heavy atom. The summed E-state index contributed by atoms with van der Waals surface area (Å²) < 4.78 is 0. The lowest BCUT2D eigenvalue weighted by atomic mass is 9.81. The SMILES string of the molecule is c1ccc2c3c(ccc2c1)-c1cccc2ccc(-c4ccc5c6ccccc6c6ccccc6c5c4-c4cccc5c4ccc4ccccc45)c-3c12. The van der Waals surface area contributed by atoms with Crippen molar-refractivity contribution in [2.24, 2.45) is 0 Å². The number of hydrogen-bond acceptors (Lipinski definition) is 0. The highest BCUT2D eigenvalue weighted by atomic mass is 14.3. The Kier molecular flexibility index (Phi) is 5.59. The Bertz CT molecular complexity index is 3310. The summed E-state index contributed by atoms with van der Waals surface area (Å²) in [6.45, 7) is 0. The van der Waals surface area contributed by atoms with Crippen LogP contribution in [0.2, 0.25) is 0 Å². The highest BCUT2D eigenvalue weighted by molar-refractivity contribution is 6.32. The van der Waals surface area contributed by atoms with Gasteiger partial charge in [-0.1, -0.05) is 182 Å². The van der Waals surface area contributed by atoms with Crippen LogP contribution in [0.5, 0.6) is 0 Å². The second-order valence-electron chi connectivity index (χ2n) is 14.3. The normalized spacial score (nSPS) is 12.2. The molecule has 11 aromatic rings. The molecule has 238 valence electrons. The van der Waals surface area contributed by atoms with Crippen molar-refractivity contribution in [3.63, 3.8) is 0 Å². The zero-order valence-corrected chi connectivity index (χ0v) is 28.3. The molecule has 0 fully saturated rings. The van der Waals surface area contributed by atoms with Crippen molar-refractivity contribution in [3.8, 4) is 44.5 Å². The van der Waals surface area contributed by atoms with E-state index >= 15 is 0 Å². The highest BCUT2D eigenvalue weighted by Gasteiger charge is 2.28. The zero-order valence-electron chi connectivity index (χ0n) is 28.3. The van der Waals surface area contributed by atoms with Gasteiger partial charge in [-0.25, -0.2) is 0 Å². The molecule has 0 amide bonds. The van der Waals surface area contributed by atoms with E-state index in [4.69, 9.17) is 0 Å². The minimum Gasteiger partial charge on any atom is -0.0616 e. The van der Waals surface area contributed by atoms with Crippen molar-refractivity contribution >= 4 is 75.4 Å². The molecule has 12 rings (SSSR count). The van der Waals surface area contributed by atoms with E-state index in [1.54, 1.807) is 0 Å². The first kappa shape index (κ1) is 28.0. The Morgan fingerprint density at radius 1 is 0.173 bits per heavy atom. The third kappa shape index (κ3) is 3.66. The van der Waals surface area contributed by atoms with Gasteiger partial charge in [-0.15, -0.1) is 0 Å². The van der Waals surface area contributed by atoms with Crippen LogP contribution in [-0.2, 0) is 0 Å². The van der Waals surface area contributed by atoms with Crippen molar-refractivity contribution < 1.29 is 0 Å². The van der Waals surface area contributed by atoms with Crippen LogP contribution in [0.15, 0.2) is 182 Å². The zero-order chi connectivity index (χ0) is 33.9. The number of rotatable bonds is 2. The molecular formula is C52H30. The molecule has 0 heteroatoms. The molecule has 0 bridgehead atoms. The summed E-state index contributed by atoms with van der Waals surface area (Å²) in [7, 11) is 0. The van der Waals surface area contributed by atoms with Crippen LogP contribution in [0.3, 0.4) is 0 Å². The molecule has 0 heterocycles. The first-order valence-corrected chi connectivity index (χ1v) is 18.2. The fraction of sp³-hybridized carbons (Fsp3) is 0. The maximum absolute atomic E-state index is 2.42. The van der Waals surface area contributed by atoms with E-state index in [0.717, 1.165) is 0 Å². The van der Waals surface area contributed by atoms with Crippen molar-refractivity contribution in [3.05, 3.63) is 182 Å². The van der Waals surface area contributed by atoms with E-state index in [2.05, 4.69) is 182 Å². The Hall–Kier alpha value is -6.76. The van der Waals surface area contributed by atoms with Gasteiger partial charge < -0.3 is 0 Å². The molecule has 0 aromatic heterocycles. The maximum atomic E-state index is 2.42. The molecule has 0 spiro atoms. The van der Waals surface area contributed by atoms with Crippen LogP contribution in [0.25, 0.3) is 120 Å². The summed E-state index contributed by atoms with van der Waals surface area (Å²) in [5.74, 6) is 0. The molecule has 1 aliphatic rings. The van der Waals surface area contributed by atoms with E-state index in [1.807, 2.05) is 0 Å². The van der Waals surface area contributed by atoms with Crippen molar-refractivity contribution in [1.82, 2.24) is 0 Å². The molecule has 0 aliphatic heterocycles. The van der Waals surface area contributed by atoms with Gasteiger partial charge in [0.15, 0.2) is 0 Å². The van der Waals surface area contributed by atoms with Gasteiger partial charge in [-0.05, 0) is 120 Å². The molecule has 0 atom stereocenters. The van der Waals surface area contributed by atoms with Gasteiger partial charge in [0.1, 0.15) is 0 Å². The number of fused-ring (bicyclic) bond motifs is 14. The largest absolute Gasteiger partial charge is 0.0616 e. The van der Waals surface area contributed by atoms with Crippen LogP contribution in [0, 0.1) is 0 Å². The minimum atomic E-state index is 1.26. The monoisotopic (exact) mass is 654 g/mol. The lowest BCUT2D eigenvalue weighted by Crippen LogP contribution is -1.94. The Balaban J connectivity index is 1.31. The average Bonchev–Trinajstić information content (AvgIpc) is 3.56. The lowest BCUT2D eigenvalue weighted by molar-refractivity contribution is 1.66. The van der Waals surface area contributed by atoms with Crippen LogP contribution < -0.4 is 0 Å². The standard InChI is InChI=1S/C52H30/c1-3-14-34-31(11-1)23-26-40-36(34)20-10-22-42(40)51-46(30-29-44-39-18-6-5-16-37(39)38-17-7-8-19-41(38)50(44)51)47-28-25-33-13-9-21-43-45-27-24-32-12-2-4-15-35(32)49(45)52(47)48(33)43/h1-30H. The van der Waals surface area contributed by atoms with Gasteiger partial charge in [0.05, 0.1) is 0 Å². The van der Waals surface area contributed by atoms with E-state index in [1.165, 1.54) is 120 Å². The third-order valence-electron chi connectivity index (χ3n) is 11.8. The quantitative estimate of drug-likeness (QED) is 0.163. The van der Waals surface area contributed by atoms with Gasteiger partial charge in [0.2, 0.25) is 0 Å². The highest BCUT2D eigenvalue weighted by Crippen LogP contribution is 2.56. The van der Waals surface area contributed by atoms with Crippen LogP contribution in [-0.4, -0.2) is 0 Å². The summed E-state index contributed by atoms with van der Waals surface area (Å²) in [5.41, 5.74) is 10.4.